The minimum absolute atomic E-state index is 0.0881. The van der Waals surface area contributed by atoms with Crippen molar-refractivity contribution < 1.29 is 4.74 Å². The summed E-state index contributed by atoms with van der Waals surface area (Å²) in [5, 5.41) is 1.07. The van der Waals surface area contributed by atoms with Crippen molar-refractivity contribution in [2.24, 2.45) is 0 Å². The summed E-state index contributed by atoms with van der Waals surface area (Å²) in [6, 6.07) is 18.5. The Balaban J connectivity index is 1.89. The molecule has 0 amide bonds. The maximum atomic E-state index is 6.19. The molecule has 0 unspecified atom stereocenters. The molecule has 0 bridgehead atoms. The third-order valence-electron chi connectivity index (χ3n) is 4.63. The second-order valence-electron chi connectivity index (χ2n) is 6.05. The molecule has 118 valence electrons. The molecule has 1 aliphatic heterocycles. The zero-order chi connectivity index (χ0) is 16.1. The summed E-state index contributed by atoms with van der Waals surface area (Å²) in [6.45, 7) is 1.12. The van der Waals surface area contributed by atoms with E-state index in [4.69, 9.17) is 15.5 Å². The summed E-state index contributed by atoms with van der Waals surface area (Å²) in [7, 11) is 0. The third kappa shape index (κ3) is 1.85. The monoisotopic (exact) mass is 316 g/mol. The molecule has 0 saturated heterocycles. The molecule has 3 heterocycles. The maximum absolute atomic E-state index is 6.19. The molecule has 2 aromatic heterocycles. The van der Waals surface area contributed by atoms with Crippen molar-refractivity contribution in [3.63, 3.8) is 0 Å². The van der Waals surface area contributed by atoms with Crippen molar-refractivity contribution in [3.05, 3.63) is 66.0 Å². The number of hydrogen-bond donors (Lipinski definition) is 1. The summed E-state index contributed by atoms with van der Waals surface area (Å²) >= 11 is 0. The summed E-state index contributed by atoms with van der Waals surface area (Å²) in [5.74, 6) is 1.37. The average Bonchev–Trinajstić information content (AvgIpc) is 3.03. The molecule has 24 heavy (non-hydrogen) atoms. The molecule has 0 spiro atoms. The highest BCUT2D eigenvalue weighted by molar-refractivity contribution is 6.06. The van der Waals surface area contributed by atoms with Gasteiger partial charge in [0.2, 0.25) is 0 Å². The van der Waals surface area contributed by atoms with Crippen LogP contribution in [0.2, 0.25) is 0 Å². The van der Waals surface area contributed by atoms with E-state index in [1.165, 1.54) is 5.56 Å². The lowest BCUT2D eigenvalue weighted by Crippen LogP contribution is -2.24. The lowest BCUT2D eigenvalue weighted by atomic mass is 10.1. The molecular formula is C19H16N4O. The number of ether oxygens (including phenoxy) is 1. The fourth-order valence-electron chi connectivity index (χ4n) is 3.56. The van der Waals surface area contributed by atoms with Crippen molar-refractivity contribution in [1.29, 1.82) is 0 Å². The lowest BCUT2D eigenvalue weighted by Gasteiger charge is -2.26. The van der Waals surface area contributed by atoms with E-state index in [1.54, 1.807) is 0 Å². The van der Waals surface area contributed by atoms with E-state index < -0.39 is 0 Å². The van der Waals surface area contributed by atoms with Crippen LogP contribution in [0.15, 0.2) is 54.6 Å². The van der Waals surface area contributed by atoms with E-state index >= 15 is 0 Å². The number of pyridine rings is 1. The molecule has 0 saturated carbocycles. The summed E-state index contributed by atoms with van der Waals surface area (Å²) < 4.78 is 8.07. The van der Waals surface area contributed by atoms with Crippen molar-refractivity contribution in [3.8, 4) is 0 Å². The number of benzene rings is 2. The van der Waals surface area contributed by atoms with Crippen LogP contribution >= 0.6 is 0 Å². The van der Waals surface area contributed by atoms with Crippen molar-refractivity contribution in [2.75, 3.05) is 12.3 Å². The minimum Gasteiger partial charge on any atom is -0.382 e. The molecule has 4 aromatic rings. The SMILES string of the molecule is Nc1nc2ccccc2c2c1nc1n2[C@@H](c2ccccc2)COC1. The number of aromatic nitrogens is 3. The molecule has 5 nitrogen and oxygen atoms in total. The van der Waals surface area contributed by atoms with Gasteiger partial charge in [0, 0.05) is 5.39 Å². The highest BCUT2D eigenvalue weighted by atomic mass is 16.5. The first kappa shape index (κ1) is 13.5. The molecular weight excluding hydrogens is 300 g/mol. The van der Waals surface area contributed by atoms with Crippen LogP contribution in [0.25, 0.3) is 21.9 Å². The van der Waals surface area contributed by atoms with E-state index in [-0.39, 0.29) is 6.04 Å². The molecule has 5 heteroatoms. The Bertz CT molecular complexity index is 1060. The van der Waals surface area contributed by atoms with E-state index in [0.29, 0.717) is 19.0 Å². The predicted octanol–water partition coefficient (Wildman–Crippen LogP) is 3.29. The van der Waals surface area contributed by atoms with Gasteiger partial charge in [-0.25, -0.2) is 9.97 Å². The fourth-order valence-corrected chi connectivity index (χ4v) is 3.56. The fraction of sp³-hybridized carbons (Fsp3) is 0.158. The lowest BCUT2D eigenvalue weighted by molar-refractivity contribution is 0.0680. The van der Waals surface area contributed by atoms with Gasteiger partial charge in [0.25, 0.3) is 0 Å². The first-order valence-corrected chi connectivity index (χ1v) is 8.00. The van der Waals surface area contributed by atoms with E-state index in [9.17, 15) is 0 Å². The largest absolute Gasteiger partial charge is 0.382 e. The Morgan fingerprint density at radius 3 is 2.67 bits per heavy atom. The number of anilines is 1. The molecule has 5 rings (SSSR count). The normalized spacial score (nSPS) is 17.2. The predicted molar refractivity (Wildman–Crippen MR) is 93.7 cm³/mol. The van der Waals surface area contributed by atoms with Crippen LogP contribution in [0, 0.1) is 0 Å². The van der Waals surface area contributed by atoms with Gasteiger partial charge in [0.15, 0.2) is 5.82 Å². The first-order chi connectivity index (χ1) is 11.8. The molecule has 0 radical (unpaired) electrons. The molecule has 1 aliphatic rings. The Hall–Kier alpha value is -2.92. The van der Waals surface area contributed by atoms with Gasteiger partial charge in [-0.3, -0.25) is 0 Å². The third-order valence-corrected chi connectivity index (χ3v) is 4.63. The van der Waals surface area contributed by atoms with Gasteiger partial charge in [-0.1, -0.05) is 48.5 Å². The van der Waals surface area contributed by atoms with Gasteiger partial charge < -0.3 is 15.0 Å². The number of hydrogen-bond acceptors (Lipinski definition) is 4. The highest BCUT2D eigenvalue weighted by Crippen LogP contribution is 2.35. The summed E-state index contributed by atoms with van der Waals surface area (Å²) in [5.41, 5.74) is 10.1. The van der Waals surface area contributed by atoms with Crippen LogP contribution in [0.1, 0.15) is 17.4 Å². The van der Waals surface area contributed by atoms with Gasteiger partial charge in [-0.15, -0.1) is 0 Å². The average molecular weight is 316 g/mol. The molecule has 2 aromatic carbocycles. The Morgan fingerprint density at radius 1 is 1.00 bits per heavy atom. The summed E-state index contributed by atoms with van der Waals surface area (Å²) in [4.78, 5) is 9.24. The number of imidazole rings is 1. The first-order valence-electron chi connectivity index (χ1n) is 8.00. The number of fused-ring (bicyclic) bond motifs is 5. The van der Waals surface area contributed by atoms with Crippen LogP contribution < -0.4 is 5.73 Å². The zero-order valence-electron chi connectivity index (χ0n) is 13.0. The standard InChI is InChI=1S/C19H16N4O/c20-19-17-18(13-8-4-5-9-14(13)21-19)23-15(10-24-11-16(23)22-17)12-6-2-1-3-7-12/h1-9,15H,10-11H2,(H2,20,21)/t15-/m1/s1. The maximum Gasteiger partial charge on any atom is 0.152 e. The van der Waals surface area contributed by atoms with Crippen molar-refractivity contribution in [1.82, 2.24) is 14.5 Å². The minimum atomic E-state index is 0.0881. The molecule has 0 aliphatic carbocycles. The number of para-hydroxylation sites is 1. The molecule has 1 atom stereocenters. The second kappa shape index (κ2) is 5.04. The van der Waals surface area contributed by atoms with E-state index in [0.717, 1.165) is 27.8 Å². The number of nitrogens with two attached hydrogens (primary N) is 1. The van der Waals surface area contributed by atoms with Gasteiger partial charge in [0.1, 0.15) is 17.9 Å². The quantitative estimate of drug-likeness (QED) is 0.585. The topological polar surface area (TPSA) is 66.0 Å². The van der Waals surface area contributed by atoms with E-state index in [2.05, 4.69) is 39.9 Å². The molecule has 0 fully saturated rings. The molecule has 2 N–H and O–H groups in total. The Morgan fingerprint density at radius 2 is 1.79 bits per heavy atom. The van der Waals surface area contributed by atoms with E-state index in [1.807, 2.05) is 24.3 Å². The number of nitrogen functional groups attached to an aromatic ring is 1. The van der Waals surface area contributed by atoms with Crippen LogP contribution in [-0.4, -0.2) is 21.1 Å². The van der Waals surface area contributed by atoms with Crippen LogP contribution in [0.4, 0.5) is 5.82 Å². The van der Waals surface area contributed by atoms with Gasteiger partial charge in [-0.2, -0.15) is 0 Å². The van der Waals surface area contributed by atoms with Gasteiger partial charge >= 0.3 is 0 Å². The van der Waals surface area contributed by atoms with Gasteiger partial charge in [-0.05, 0) is 11.6 Å². The summed E-state index contributed by atoms with van der Waals surface area (Å²) in [6.07, 6.45) is 0. The number of nitrogens with zero attached hydrogens (tertiary/aromatic N) is 3. The zero-order valence-corrected chi connectivity index (χ0v) is 13.0. The number of rotatable bonds is 1. The Labute approximate surface area is 138 Å². The Kier molecular flexibility index (Phi) is 2.84. The van der Waals surface area contributed by atoms with Gasteiger partial charge in [0.05, 0.1) is 23.7 Å². The van der Waals surface area contributed by atoms with Crippen molar-refractivity contribution in [2.45, 2.75) is 12.6 Å². The van der Waals surface area contributed by atoms with Crippen LogP contribution in [-0.2, 0) is 11.3 Å². The van der Waals surface area contributed by atoms with Crippen molar-refractivity contribution >= 4 is 27.8 Å². The smallest absolute Gasteiger partial charge is 0.152 e. The van der Waals surface area contributed by atoms with Crippen LogP contribution in [0.5, 0.6) is 0 Å². The second-order valence-corrected chi connectivity index (χ2v) is 6.05. The van der Waals surface area contributed by atoms with Crippen LogP contribution in [0.3, 0.4) is 0 Å². The highest BCUT2D eigenvalue weighted by Gasteiger charge is 2.27.